The lowest BCUT2D eigenvalue weighted by Crippen LogP contribution is -2.36. The van der Waals surface area contributed by atoms with Crippen molar-refractivity contribution < 1.29 is 27.5 Å². The number of hydrogen-bond donors (Lipinski definition) is 1. The fourth-order valence-corrected chi connectivity index (χ4v) is 4.20. The van der Waals surface area contributed by atoms with Crippen molar-refractivity contribution >= 4 is 23.2 Å². The first-order valence-corrected chi connectivity index (χ1v) is 9.87. The molecule has 0 aromatic carbocycles. The molecular formula is C19H16F3N5O3S. The van der Waals surface area contributed by atoms with Crippen LogP contribution in [-0.2, 0) is 17.5 Å². The van der Waals surface area contributed by atoms with Gasteiger partial charge in [0.1, 0.15) is 22.7 Å². The van der Waals surface area contributed by atoms with Crippen molar-refractivity contribution in [1.82, 2.24) is 19.4 Å². The molecule has 162 valence electrons. The van der Waals surface area contributed by atoms with Gasteiger partial charge in [-0.05, 0) is 12.1 Å². The van der Waals surface area contributed by atoms with Gasteiger partial charge in [0.2, 0.25) is 0 Å². The minimum absolute atomic E-state index is 0.0586. The number of carbonyl (C=O) groups excluding carboxylic acids is 2. The SMILES string of the molecule is CN(C(=O)c1csc(-n2cncc2C(N)=O)c1)C1COCc2nc(C(F)(F)F)ccc21. The molecule has 0 aliphatic carbocycles. The molecule has 2 amide bonds. The van der Waals surface area contributed by atoms with Crippen molar-refractivity contribution in [3.63, 3.8) is 0 Å². The summed E-state index contributed by atoms with van der Waals surface area (Å²) in [6.07, 6.45) is -1.82. The second-order valence-corrected chi connectivity index (χ2v) is 7.75. The predicted molar refractivity (Wildman–Crippen MR) is 104 cm³/mol. The fraction of sp³-hybridized carbons (Fsp3) is 0.263. The molecule has 3 aromatic rings. The second-order valence-electron chi connectivity index (χ2n) is 6.86. The van der Waals surface area contributed by atoms with Gasteiger partial charge in [0, 0.05) is 18.0 Å². The van der Waals surface area contributed by atoms with Gasteiger partial charge in [-0.15, -0.1) is 11.3 Å². The maximum absolute atomic E-state index is 13.0. The average molecular weight is 451 g/mol. The van der Waals surface area contributed by atoms with Gasteiger partial charge in [-0.3, -0.25) is 14.2 Å². The molecule has 0 fully saturated rings. The molecule has 4 rings (SSSR count). The van der Waals surface area contributed by atoms with E-state index in [1.165, 1.54) is 39.4 Å². The van der Waals surface area contributed by atoms with Gasteiger partial charge in [0.25, 0.3) is 11.8 Å². The van der Waals surface area contributed by atoms with Crippen LogP contribution >= 0.6 is 11.3 Å². The number of pyridine rings is 1. The Balaban J connectivity index is 1.59. The van der Waals surface area contributed by atoms with Gasteiger partial charge < -0.3 is 15.4 Å². The highest BCUT2D eigenvalue weighted by Gasteiger charge is 2.35. The molecule has 3 aromatic heterocycles. The number of halogens is 3. The summed E-state index contributed by atoms with van der Waals surface area (Å²) in [6.45, 7) is 0.0729. The lowest BCUT2D eigenvalue weighted by atomic mass is 10.0. The Bertz CT molecular complexity index is 1160. The van der Waals surface area contributed by atoms with Gasteiger partial charge in [0.15, 0.2) is 0 Å². The highest BCUT2D eigenvalue weighted by molar-refractivity contribution is 7.12. The zero-order valence-electron chi connectivity index (χ0n) is 16.1. The van der Waals surface area contributed by atoms with E-state index in [4.69, 9.17) is 10.5 Å². The van der Waals surface area contributed by atoms with Crippen LogP contribution in [0.5, 0.6) is 0 Å². The molecule has 1 aliphatic rings. The van der Waals surface area contributed by atoms with Crippen molar-refractivity contribution in [3.05, 3.63) is 64.3 Å². The molecule has 4 heterocycles. The summed E-state index contributed by atoms with van der Waals surface area (Å²) in [6, 6.07) is 3.24. The Kier molecular flexibility index (Phi) is 5.27. The molecule has 0 spiro atoms. The lowest BCUT2D eigenvalue weighted by molar-refractivity contribution is -0.141. The van der Waals surface area contributed by atoms with Gasteiger partial charge in [0.05, 0.1) is 36.7 Å². The summed E-state index contributed by atoms with van der Waals surface area (Å²) >= 11 is 1.22. The van der Waals surface area contributed by atoms with Crippen LogP contribution in [-0.4, -0.2) is 44.9 Å². The largest absolute Gasteiger partial charge is 0.433 e. The average Bonchev–Trinajstić information content (AvgIpc) is 3.40. The molecule has 1 aliphatic heterocycles. The van der Waals surface area contributed by atoms with Crippen LogP contribution in [0.1, 0.15) is 43.8 Å². The number of fused-ring (bicyclic) bond motifs is 1. The molecule has 12 heteroatoms. The third kappa shape index (κ3) is 3.91. The maximum Gasteiger partial charge on any atom is 0.433 e. The number of carbonyl (C=O) groups is 2. The number of likely N-dealkylation sites (N-methyl/N-ethyl adjacent to an activating group) is 1. The number of nitrogens with zero attached hydrogens (tertiary/aromatic N) is 4. The maximum atomic E-state index is 13.0. The van der Waals surface area contributed by atoms with Gasteiger partial charge >= 0.3 is 6.18 Å². The molecule has 0 saturated carbocycles. The van der Waals surface area contributed by atoms with Gasteiger partial charge in [-0.1, -0.05) is 6.07 Å². The highest BCUT2D eigenvalue weighted by Crippen LogP contribution is 2.34. The number of ether oxygens (including phenoxy) is 1. The van der Waals surface area contributed by atoms with Crippen LogP contribution in [0, 0.1) is 0 Å². The van der Waals surface area contributed by atoms with E-state index in [1.807, 2.05) is 0 Å². The zero-order valence-corrected chi connectivity index (χ0v) is 16.9. The van der Waals surface area contributed by atoms with E-state index in [-0.39, 0.29) is 30.5 Å². The van der Waals surface area contributed by atoms with Gasteiger partial charge in [-0.2, -0.15) is 13.2 Å². The smallest absolute Gasteiger partial charge is 0.373 e. The molecule has 1 unspecified atom stereocenters. The molecular weight excluding hydrogens is 435 g/mol. The van der Waals surface area contributed by atoms with Gasteiger partial charge in [-0.25, -0.2) is 9.97 Å². The number of hydrogen-bond acceptors (Lipinski definition) is 6. The molecule has 8 nitrogen and oxygen atoms in total. The Morgan fingerprint density at radius 3 is 2.84 bits per heavy atom. The predicted octanol–water partition coefficient (Wildman–Crippen LogP) is 2.79. The quantitative estimate of drug-likeness (QED) is 0.657. The van der Waals surface area contributed by atoms with E-state index < -0.39 is 23.8 Å². The van der Waals surface area contributed by atoms with E-state index >= 15 is 0 Å². The summed E-state index contributed by atoms with van der Waals surface area (Å²) in [7, 11) is 1.55. The van der Waals surface area contributed by atoms with Crippen molar-refractivity contribution in [1.29, 1.82) is 0 Å². The lowest BCUT2D eigenvalue weighted by Gasteiger charge is -2.32. The number of rotatable bonds is 4. The first-order chi connectivity index (χ1) is 14.7. The van der Waals surface area contributed by atoms with Crippen molar-refractivity contribution in [2.45, 2.75) is 18.8 Å². The summed E-state index contributed by atoms with van der Waals surface area (Å²) in [5.74, 6) is -1.01. The number of alkyl halides is 3. The minimum atomic E-state index is -4.56. The number of primary amides is 1. The third-order valence-corrected chi connectivity index (χ3v) is 5.85. The minimum Gasteiger partial charge on any atom is -0.373 e. The normalized spacial score (nSPS) is 16.1. The monoisotopic (exact) mass is 451 g/mol. The topological polar surface area (TPSA) is 103 Å². The summed E-state index contributed by atoms with van der Waals surface area (Å²) in [5, 5.41) is 2.19. The molecule has 0 radical (unpaired) electrons. The second kappa shape index (κ2) is 7.78. The fourth-order valence-electron chi connectivity index (χ4n) is 3.33. The van der Waals surface area contributed by atoms with E-state index in [0.29, 0.717) is 16.1 Å². The summed E-state index contributed by atoms with van der Waals surface area (Å²) < 4.78 is 45.8. The molecule has 0 bridgehead atoms. The highest BCUT2D eigenvalue weighted by atomic mass is 32.1. The molecule has 0 saturated heterocycles. The zero-order chi connectivity index (χ0) is 22.3. The van der Waals surface area contributed by atoms with Crippen molar-refractivity contribution in [2.75, 3.05) is 13.7 Å². The van der Waals surface area contributed by atoms with E-state index in [1.54, 1.807) is 18.5 Å². The number of amides is 2. The first kappa shape index (κ1) is 21.0. The van der Waals surface area contributed by atoms with Crippen LogP contribution in [0.25, 0.3) is 5.00 Å². The van der Waals surface area contributed by atoms with Crippen molar-refractivity contribution in [2.24, 2.45) is 5.73 Å². The Morgan fingerprint density at radius 1 is 1.35 bits per heavy atom. The number of thiophene rings is 1. The molecule has 2 N–H and O–H groups in total. The number of nitrogens with two attached hydrogens (primary N) is 1. The van der Waals surface area contributed by atoms with E-state index in [2.05, 4.69) is 9.97 Å². The van der Waals surface area contributed by atoms with Crippen molar-refractivity contribution in [3.8, 4) is 5.00 Å². The summed E-state index contributed by atoms with van der Waals surface area (Å²) in [5.41, 5.74) is 5.52. The number of aromatic nitrogens is 3. The van der Waals surface area contributed by atoms with Crippen LogP contribution in [0.2, 0.25) is 0 Å². The molecule has 1 atom stereocenters. The third-order valence-electron chi connectivity index (χ3n) is 4.92. The first-order valence-electron chi connectivity index (χ1n) is 8.99. The van der Waals surface area contributed by atoms with Crippen LogP contribution in [0.3, 0.4) is 0 Å². The number of imidazole rings is 1. The Morgan fingerprint density at radius 2 is 2.13 bits per heavy atom. The van der Waals surface area contributed by atoms with E-state index in [9.17, 15) is 22.8 Å². The standard InChI is InChI=1S/C19H16F3N5O3S/c1-26(14-7-30-6-12-11(14)2-3-15(25-12)19(20,21)22)18(29)10-4-16(31-8-10)27-9-24-5-13(27)17(23)28/h2-5,8-9,14H,6-7H2,1H3,(H2,23,28). The molecule has 31 heavy (non-hydrogen) atoms. The Labute approximate surface area is 178 Å². The van der Waals surface area contributed by atoms with E-state index in [0.717, 1.165) is 6.07 Å². The van der Waals surface area contributed by atoms with Crippen LogP contribution in [0.4, 0.5) is 13.2 Å². The Hall–Kier alpha value is -3.25. The van der Waals surface area contributed by atoms with Crippen LogP contribution < -0.4 is 5.73 Å². The summed E-state index contributed by atoms with van der Waals surface area (Å²) in [4.78, 5) is 33.5. The van der Waals surface area contributed by atoms with Crippen LogP contribution in [0.15, 0.2) is 36.1 Å².